The molecule has 0 fully saturated rings. The Morgan fingerprint density at radius 1 is 1.06 bits per heavy atom. The summed E-state index contributed by atoms with van der Waals surface area (Å²) in [6, 6.07) is 19.0. The molecule has 176 valence electrons. The standard InChI is InChI=1S/C24H22ClN3O5S/c1-17-14-20(25)12-13-22(17)28(34(31,32)21-6-4-3-5-7-21)16-23(29)27-26-15-18-8-10-19(11-9-18)24(30)33-2/h3-15H,16H2,1-2H3,(H,27,29)/b26-15-. The molecule has 0 bridgehead atoms. The SMILES string of the molecule is COC(=O)c1ccc(/C=N\NC(=O)CN(c2ccc(Cl)cc2C)S(=O)(=O)c2ccccc2)cc1. The zero-order valence-corrected chi connectivity index (χ0v) is 20.0. The number of hydrazone groups is 1. The lowest BCUT2D eigenvalue weighted by Gasteiger charge is -2.25. The minimum atomic E-state index is -4.04. The van der Waals surface area contributed by atoms with E-state index < -0.39 is 28.4 Å². The van der Waals surface area contributed by atoms with Gasteiger partial charge in [-0.05, 0) is 60.5 Å². The van der Waals surface area contributed by atoms with E-state index in [9.17, 15) is 18.0 Å². The van der Waals surface area contributed by atoms with Gasteiger partial charge in [-0.15, -0.1) is 0 Å². The molecule has 10 heteroatoms. The number of carbonyl (C=O) groups excluding carboxylic acids is 2. The lowest BCUT2D eigenvalue weighted by Crippen LogP contribution is -2.40. The summed E-state index contributed by atoms with van der Waals surface area (Å²) in [5.41, 5.74) is 4.26. The zero-order valence-electron chi connectivity index (χ0n) is 18.4. The van der Waals surface area contributed by atoms with Crippen molar-refractivity contribution in [3.05, 3.63) is 94.5 Å². The fourth-order valence-corrected chi connectivity index (χ4v) is 4.82. The summed E-state index contributed by atoms with van der Waals surface area (Å²) in [6.07, 6.45) is 1.38. The number of ether oxygens (including phenoxy) is 1. The number of methoxy groups -OCH3 is 1. The van der Waals surface area contributed by atoms with Gasteiger partial charge < -0.3 is 4.74 Å². The van der Waals surface area contributed by atoms with Crippen molar-refractivity contribution in [1.29, 1.82) is 0 Å². The maximum absolute atomic E-state index is 13.3. The lowest BCUT2D eigenvalue weighted by molar-refractivity contribution is -0.119. The quantitative estimate of drug-likeness (QED) is 0.288. The van der Waals surface area contributed by atoms with Crippen molar-refractivity contribution >= 4 is 45.4 Å². The first-order chi connectivity index (χ1) is 16.2. The molecule has 8 nitrogen and oxygen atoms in total. The summed E-state index contributed by atoms with van der Waals surface area (Å²) in [6.45, 7) is 1.21. The number of anilines is 1. The van der Waals surface area contributed by atoms with E-state index in [1.54, 1.807) is 67.6 Å². The van der Waals surface area contributed by atoms with Gasteiger partial charge in [0.05, 0.1) is 29.5 Å². The Labute approximate surface area is 202 Å². The number of halogens is 1. The van der Waals surface area contributed by atoms with Crippen LogP contribution in [-0.4, -0.2) is 40.2 Å². The third kappa shape index (κ3) is 6.00. The Morgan fingerprint density at radius 2 is 1.74 bits per heavy atom. The Bertz CT molecular complexity index is 1310. The molecule has 0 spiro atoms. The third-order valence-corrected chi connectivity index (χ3v) is 6.79. The molecule has 1 N–H and O–H groups in total. The van der Waals surface area contributed by atoms with E-state index in [2.05, 4.69) is 15.3 Å². The van der Waals surface area contributed by atoms with Gasteiger partial charge >= 0.3 is 5.97 Å². The maximum Gasteiger partial charge on any atom is 0.337 e. The van der Waals surface area contributed by atoms with Gasteiger partial charge in [0, 0.05) is 5.02 Å². The third-order valence-electron chi connectivity index (χ3n) is 4.78. The average molecular weight is 500 g/mol. The molecular formula is C24H22ClN3O5S. The molecule has 0 atom stereocenters. The van der Waals surface area contributed by atoms with E-state index in [1.807, 2.05) is 0 Å². The minimum Gasteiger partial charge on any atom is -0.465 e. The smallest absolute Gasteiger partial charge is 0.337 e. The Morgan fingerprint density at radius 3 is 2.35 bits per heavy atom. The van der Waals surface area contributed by atoms with E-state index >= 15 is 0 Å². The number of aryl methyl sites for hydroxylation is 1. The summed E-state index contributed by atoms with van der Waals surface area (Å²) in [4.78, 5) is 24.2. The number of sulfonamides is 1. The van der Waals surface area contributed by atoms with Gasteiger partial charge in [-0.3, -0.25) is 9.10 Å². The first-order valence-corrected chi connectivity index (χ1v) is 11.9. The van der Waals surface area contributed by atoms with Crippen molar-refractivity contribution in [2.45, 2.75) is 11.8 Å². The van der Waals surface area contributed by atoms with Crippen LogP contribution in [0.1, 0.15) is 21.5 Å². The normalized spacial score (nSPS) is 11.3. The number of esters is 1. The molecule has 3 rings (SSSR count). The van der Waals surface area contributed by atoms with Gasteiger partial charge in [0.1, 0.15) is 6.54 Å². The first-order valence-electron chi connectivity index (χ1n) is 10.1. The monoisotopic (exact) mass is 499 g/mol. The van der Waals surface area contributed by atoms with E-state index in [0.29, 0.717) is 27.4 Å². The van der Waals surface area contributed by atoms with E-state index in [-0.39, 0.29) is 4.90 Å². The van der Waals surface area contributed by atoms with Crippen LogP contribution in [0.2, 0.25) is 5.02 Å². The van der Waals surface area contributed by atoms with Crippen LogP contribution >= 0.6 is 11.6 Å². The van der Waals surface area contributed by atoms with Crippen LogP contribution in [-0.2, 0) is 19.6 Å². The Hall–Kier alpha value is -3.69. The summed E-state index contributed by atoms with van der Waals surface area (Å²) in [5.74, 6) is -1.11. The van der Waals surface area contributed by atoms with Crippen LogP contribution in [0, 0.1) is 6.92 Å². The second-order valence-corrected chi connectivity index (χ2v) is 9.46. The van der Waals surface area contributed by atoms with Crippen LogP contribution in [0.5, 0.6) is 0 Å². The molecule has 0 aliphatic heterocycles. The van der Waals surface area contributed by atoms with Gasteiger partial charge in [-0.25, -0.2) is 18.6 Å². The van der Waals surface area contributed by atoms with E-state index in [4.69, 9.17) is 11.6 Å². The number of amides is 1. The fraction of sp³-hybridized carbons (Fsp3) is 0.125. The van der Waals surface area contributed by atoms with Crippen LogP contribution < -0.4 is 9.73 Å². The molecule has 34 heavy (non-hydrogen) atoms. The van der Waals surface area contributed by atoms with Crippen molar-refractivity contribution in [3.8, 4) is 0 Å². The largest absolute Gasteiger partial charge is 0.465 e. The maximum atomic E-state index is 13.3. The summed E-state index contributed by atoms with van der Waals surface area (Å²) in [5, 5.41) is 4.34. The van der Waals surface area contributed by atoms with Crippen LogP contribution in [0.3, 0.4) is 0 Å². The number of benzene rings is 3. The Kier molecular flexibility index (Phi) is 8.04. The van der Waals surface area contributed by atoms with Gasteiger partial charge in [-0.2, -0.15) is 5.10 Å². The van der Waals surface area contributed by atoms with Crippen LogP contribution in [0.4, 0.5) is 5.69 Å². The fourth-order valence-electron chi connectivity index (χ4n) is 3.09. The number of rotatable bonds is 8. The minimum absolute atomic E-state index is 0.0475. The molecule has 0 aliphatic carbocycles. The van der Waals surface area contributed by atoms with Crippen molar-refractivity contribution < 1.29 is 22.7 Å². The van der Waals surface area contributed by atoms with Gasteiger partial charge in [0.2, 0.25) is 0 Å². The van der Waals surface area contributed by atoms with Crippen molar-refractivity contribution in [3.63, 3.8) is 0 Å². The molecule has 1 amide bonds. The lowest BCUT2D eigenvalue weighted by atomic mass is 10.1. The predicted molar refractivity (Wildman–Crippen MR) is 131 cm³/mol. The number of hydrogen-bond acceptors (Lipinski definition) is 6. The van der Waals surface area contributed by atoms with Gasteiger partial charge in [0.25, 0.3) is 15.9 Å². The highest BCUT2D eigenvalue weighted by molar-refractivity contribution is 7.92. The van der Waals surface area contributed by atoms with Crippen LogP contribution in [0.25, 0.3) is 0 Å². The molecule has 0 aliphatic rings. The van der Waals surface area contributed by atoms with E-state index in [1.165, 1.54) is 25.5 Å². The Balaban J connectivity index is 1.80. The number of nitrogens with one attached hydrogen (secondary N) is 1. The summed E-state index contributed by atoms with van der Waals surface area (Å²) in [7, 11) is -2.75. The number of nitrogens with zero attached hydrogens (tertiary/aromatic N) is 2. The molecule has 0 aromatic heterocycles. The predicted octanol–water partition coefficient (Wildman–Crippen LogP) is 3.78. The molecule has 0 radical (unpaired) electrons. The highest BCUT2D eigenvalue weighted by Gasteiger charge is 2.28. The highest BCUT2D eigenvalue weighted by Crippen LogP contribution is 2.28. The number of hydrogen-bond donors (Lipinski definition) is 1. The zero-order chi connectivity index (χ0) is 24.7. The molecule has 0 saturated carbocycles. The summed E-state index contributed by atoms with van der Waals surface area (Å²) < 4.78 is 32.4. The molecular weight excluding hydrogens is 478 g/mol. The van der Waals surface area contributed by atoms with Crippen molar-refractivity contribution in [2.75, 3.05) is 18.0 Å². The highest BCUT2D eigenvalue weighted by atomic mass is 35.5. The molecule has 3 aromatic rings. The summed E-state index contributed by atoms with van der Waals surface area (Å²) >= 11 is 6.03. The first kappa shape index (κ1) is 24.9. The number of carbonyl (C=O) groups is 2. The second kappa shape index (κ2) is 11.0. The van der Waals surface area contributed by atoms with Crippen molar-refractivity contribution in [1.82, 2.24) is 5.43 Å². The molecule has 3 aromatic carbocycles. The second-order valence-electron chi connectivity index (χ2n) is 7.16. The molecule has 0 heterocycles. The van der Waals surface area contributed by atoms with E-state index in [0.717, 1.165) is 4.31 Å². The van der Waals surface area contributed by atoms with Crippen LogP contribution in [0.15, 0.2) is 82.8 Å². The topological polar surface area (TPSA) is 105 Å². The molecule has 0 unspecified atom stereocenters. The average Bonchev–Trinajstić information content (AvgIpc) is 2.83. The van der Waals surface area contributed by atoms with Gasteiger partial charge in [-0.1, -0.05) is 41.9 Å². The van der Waals surface area contributed by atoms with Gasteiger partial charge in [0.15, 0.2) is 0 Å². The molecule has 0 saturated heterocycles. The van der Waals surface area contributed by atoms with Crippen molar-refractivity contribution in [2.24, 2.45) is 5.10 Å².